The van der Waals surface area contributed by atoms with Crippen LogP contribution in [0.5, 0.6) is 0 Å². The number of ether oxygens (including phenoxy) is 1. The molecule has 0 amide bonds. The van der Waals surface area contributed by atoms with Crippen LogP contribution in [0.3, 0.4) is 0 Å². The molecule has 1 aromatic heterocycles. The molecule has 5 nitrogen and oxygen atoms in total. The fraction of sp³-hybridized carbons (Fsp3) is 0.522. The van der Waals surface area contributed by atoms with Gasteiger partial charge >= 0.3 is 5.97 Å². The topological polar surface area (TPSA) is 72.5 Å². The first-order valence-electron chi connectivity index (χ1n) is 10.8. The molecule has 3 rings (SSSR count). The Balaban J connectivity index is 1.74. The Morgan fingerprint density at radius 2 is 1.87 bits per heavy atom. The van der Waals surface area contributed by atoms with Crippen molar-refractivity contribution in [3.8, 4) is 0 Å². The average molecular weight is 484 g/mol. The van der Waals surface area contributed by atoms with Gasteiger partial charge in [0.05, 0.1) is 18.0 Å². The van der Waals surface area contributed by atoms with Gasteiger partial charge in [0.1, 0.15) is 0 Å². The molecule has 1 fully saturated rings. The molecule has 31 heavy (non-hydrogen) atoms. The summed E-state index contributed by atoms with van der Waals surface area (Å²) in [4.78, 5) is 13.7. The van der Waals surface area contributed by atoms with Crippen LogP contribution in [0, 0.1) is 5.92 Å². The lowest BCUT2D eigenvalue weighted by atomic mass is 9.85. The van der Waals surface area contributed by atoms with Crippen molar-refractivity contribution in [1.82, 2.24) is 4.72 Å². The number of hydrogen-bond acceptors (Lipinski definition) is 5. The summed E-state index contributed by atoms with van der Waals surface area (Å²) in [6.45, 7) is 0. The highest BCUT2D eigenvalue weighted by atomic mass is 35.5. The molecule has 1 N–H and O–H groups in total. The monoisotopic (exact) mass is 483 g/mol. The van der Waals surface area contributed by atoms with Gasteiger partial charge in [-0.15, -0.1) is 11.3 Å². The van der Waals surface area contributed by atoms with Crippen molar-refractivity contribution in [3.05, 3.63) is 51.2 Å². The van der Waals surface area contributed by atoms with E-state index in [2.05, 4.69) is 4.72 Å². The molecule has 0 aliphatic heterocycles. The third-order valence-corrected chi connectivity index (χ3v) is 8.77. The van der Waals surface area contributed by atoms with E-state index in [4.69, 9.17) is 16.3 Å². The highest BCUT2D eigenvalue weighted by Gasteiger charge is 2.26. The molecule has 0 saturated heterocycles. The predicted molar refractivity (Wildman–Crippen MR) is 125 cm³/mol. The van der Waals surface area contributed by atoms with Gasteiger partial charge in [-0.05, 0) is 61.6 Å². The molecule has 0 bridgehead atoms. The van der Waals surface area contributed by atoms with E-state index < -0.39 is 10.0 Å². The van der Waals surface area contributed by atoms with Gasteiger partial charge in [-0.25, -0.2) is 13.1 Å². The van der Waals surface area contributed by atoms with Crippen LogP contribution in [0.25, 0.3) is 0 Å². The highest BCUT2D eigenvalue weighted by Crippen LogP contribution is 2.35. The summed E-state index contributed by atoms with van der Waals surface area (Å²) in [5.74, 6) is 0.319. The standard InChI is InChI=1S/C23H30ClNO4S2/c1-29-23(26)9-5-8-19-12-15-22(30-19)21(16-17-6-3-2-4-7-17)25-31(27,28)20-13-10-18(24)11-14-20/h10-15,17,21,25H,2-9,16H2,1H3. The van der Waals surface area contributed by atoms with Crippen LogP contribution in [-0.4, -0.2) is 21.5 Å². The van der Waals surface area contributed by atoms with E-state index >= 15 is 0 Å². The van der Waals surface area contributed by atoms with E-state index in [-0.39, 0.29) is 16.9 Å². The number of rotatable bonds is 10. The van der Waals surface area contributed by atoms with Gasteiger partial charge < -0.3 is 4.74 Å². The Labute approximate surface area is 194 Å². The van der Waals surface area contributed by atoms with Crippen molar-refractivity contribution in [2.45, 2.75) is 68.7 Å². The van der Waals surface area contributed by atoms with Gasteiger partial charge in [-0.2, -0.15) is 0 Å². The minimum absolute atomic E-state index is 0.206. The minimum atomic E-state index is -3.66. The smallest absolute Gasteiger partial charge is 0.305 e. The fourth-order valence-electron chi connectivity index (χ4n) is 4.07. The maximum atomic E-state index is 13.1. The predicted octanol–water partition coefficient (Wildman–Crippen LogP) is 5.89. The number of sulfonamides is 1. The molecular weight excluding hydrogens is 454 g/mol. The quantitative estimate of drug-likeness (QED) is 0.428. The molecule has 1 atom stereocenters. The molecule has 1 aliphatic carbocycles. The Kier molecular flexibility index (Phi) is 8.95. The van der Waals surface area contributed by atoms with Crippen LogP contribution in [0.15, 0.2) is 41.3 Å². The molecule has 1 heterocycles. The van der Waals surface area contributed by atoms with E-state index in [1.54, 1.807) is 23.5 Å². The van der Waals surface area contributed by atoms with Gasteiger partial charge in [-0.1, -0.05) is 43.7 Å². The van der Waals surface area contributed by atoms with Gasteiger partial charge in [0.15, 0.2) is 0 Å². The summed E-state index contributed by atoms with van der Waals surface area (Å²) >= 11 is 7.55. The molecule has 0 spiro atoms. The molecule has 1 unspecified atom stereocenters. The number of aryl methyl sites for hydroxylation is 1. The van der Waals surface area contributed by atoms with Crippen LogP contribution >= 0.6 is 22.9 Å². The number of carbonyl (C=O) groups is 1. The lowest BCUT2D eigenvalue weighted by Crippen LogP contribution is -2.30. The Morgan fingerprint density at radius 3 is 2.55 bits per heavy atom. The summed E-state index contributed by atoms with van der Waals surface area (Å²) in [5.41, 5.74) is 0. The number of methoxy groups -OCH3 is 1. The summed E-state index contributed by atoms with van der Waals surface area (Å²) in [6.07, 6.45) is 8.67. The van der Waals surface area contributed by atoms with Crippen molar-refractivity contribution in [1.29, 1.82) is 0 Å². The Morgan fingerprint density at radius 1 is 1.16 bits per heavy atom. The third-order valence-electron chi connectivity index (χ3n) is 5.77. The number of thiophene rings is 1. The van der Waals surface area contributed by atoms with E-state index in [0.29, 0.717) is 17.4 Å². The molecule has 1 aromatic carbocycles. The normalized spacial score (nSPS) is 16.2. The zero-order valence-electron chi connectivity index (χ0n) is 17.8. The molecule has 1 saturated carbocycles. The maximum Gasteiger partial charge on any atom is 0.305 e. The molecule has 170 valence electrons. The average Bonchev–Trinajstić information content (AvgIpc) is 3.23. The van der Waals surface area contributed by atoms with E-state index in [1.165, 1.54) is 38.5 Å². The Hall–Kier alpha value is -1.41. The van der Waals surface area contributed by atoms with Crippen molar-refractivity contribution in [2.24, 2.45) is 5.92 Å². The number of halogens is 1. The van der Waals surface area contributed by atoms with Crippen LogP contribution in [0.1, 0.15) is 67.2 Å². The Bertz CT molecular complexity index is 950. The van der Waals surface area contributed by atoms with E-state index in [9.17, 15) is 13.2 Å². The zero-order chi connectivity index (χ0) is 22.3. The second-order valence-electron chi connectivity index (χ2n) is 8.10. The van der Waals surface area contributed by atoms with Crippen molar-refractivity contribution in [2.75, 3.05) is 7.11 Å². The van der Waals surface area contributed by atoms with Crippen LogP contribution in [-0.2, 0) is 26.0 Å². The summed E-state index contributed by atoms with van der Waals surface area (Å²) in [7, 11) is -2.26. The SMILES string of the molecule is COC(=O)CCCc1ccc(C(CC2CCCCC2)NS(=O)(=O)c2ccc(Cl)cc2)s1. The lowest BCUT2D eigenvalue weighted by molar-refractivity contribution is -0.140. The lowest BCUT2D eigenvalue weighted by Gasteiger charge is -2.26. The van der Waals surface area contributed by atoms with E-state index in [0.717, 1.165) is 41.9 Å². The van der Waals surface area contributed by atoms with Crippen LogP contribution in [0.4, 0.5) is 0 Å². The van der Waals surface area contributed by atoms with Crippen LogP contribution < -0.4 is 4.72 Å². The summed E-state index contributed by atoms with van der Waals surface area (Å²) in [6, 6.07) is 10.1. The number of nitrogens with one attached hydrogen (secondary N) is 1. The first-order valence-corrected chi connectivity index (χ1v) is 13.5. The third kappa shape index (κ3) is 7.31. The first kappa shape index (κ1) is 24.2. The largest absolute Gasteiger partial charge is 0.469 e. The van der Waals surface area contributed by atoms with Gasteiger partial charge in [0, 0.05) is 21.2 Å². The fourth-order valence-corrected chi connectivity index (χ4v) is 6.62. The van der Waals surface area contributed by atoms with Gasteiger partial charge in [0.2, 0.25) is 10.0 Å². The minimum Gasteiger partial charge on any atom is -0.469 e. The second kappa shape index (κ2) is 11.5. The number of esters is 1. The summed E-state index contributed by atoms with van der Waals surface area (Å²) < 4.78 is 33.8. The van der Waals surface area contributed by atoms with Crippen LogP contribution in [0.2, 0.25) is 5.02 Å². The highest BCUT2D eigenvalue weighted by molar-refractivity contribution is 7.89. The molecule has 0 radical (unpaired) electrons. The number of benzene rings is 1. The van der Waals surface area contributed by atoms with Crippen molar-refractivity contribution in [3.63, 3.8) is 0 Å². The molecule has 8 heteroatoms. The second-order valence-corrected chi connectivity index (χ2v) is 11.5. The zero-order valence-corrected chi connectivity index (χ0v) is 20.2. The summed E-state index contributed by atoms with van der Waals surface area (Å²) in [5, 5.41) is 0.507. The molecular formula is C23H30ClNO4S2. The molecule has 1 aliphatic rings. The first-order chi connectivity index (χ1) is 14.9. The van der Waals surface area contributed by atoms with E-state index in [1.807, 2.05) is 12.1 Å². The maximum absolute atomic E-state index is 13.1. The molecule has 2 aromatic rings. The van der Waals surface area contributed by atoms with Gasteiger partial charge in [-0.3, -0.25) is 4.79 Å². The number of carbonyl (C=O) groups excluding carboxylic acids is 1. The van der Waals surface area contributed by atoms with Crippen molar-refractivity contribution >= 4 is 38.9 Å². The van der Waals surface area contributed by atoms with Crippen molar-refractivity contribution < 1.29 is 17.9 Å². The van der Waals surface area contributed by atoms with Gasteiger partial charge in [0.25, 0.3) is 0 Å². The number of hydrogen-bond donors (Lipinski definition) is 1.